The fraction of sp³-hybridized carbons (Fsp3) is 0.125. The van der Waals surface area contributed by atoms with Crippen molar-refractivity contribution in [3.05, 3.63) is 28.2 Å². The first-order chi connectivity index (χ1) is 5.95. The van der Waals surface area contributed by atoms with E-state index in [4.69, 9.17) is 0 Å². The average Bonchev–Trinajstić information content (AvgIpc) is 2.02. The van der Waals surface area contributed by atoms with Crippen molar-refractivity contribution in [2.75, 3.05) is 6.26 Å². The Labute approximate surface area is 84.8 Å². The van der Waals surface area contributed by atoms with E-state index in [-0.39, 0.29) is 4.90 Å². The SMILES string of the molecule is CS(=O)(=O)c1ccc([C]=O)c(Br)c1. The number of sulfone groups is 1. The van der Waals surface area contributed by atoms with E-state index in [2.05, 4.69) is 15.9 Å². The first kappa shape index (κ1) is 10.4. The molecule has 0 aliphatic rings. The minimum absolute atomic E-state index is 0.179. The Morgan fingerprint density at radius 2 is 2.00 bits per heavy atom. The van der Waals surface area contributed by atoms with E-state index in [1.54, 1.807) is 6.29 Å². The van der Waals surface area contributed by atoms with Crippen LogP contribution in [0.1, 0.15) is 5.56 Å². The molecule has 5 heteroatoms. The zero-order chi connectivity index (χ0) is 10.1. The van der Waals surface area contributed by atoms with Crippen LogP contribution >= 0.6 is 15.9 Å². The summed E-state index contributed by atoms with van der Waals surface area (Å²) in [5.41, 5.74) is 0.312. The molecule has 0 spiro atoms. The number of halogens is 1. The van der Waals surface area contributed by atoms with Gasteiger partial charge < -0.3 is 0 Å². The lowest BCUT2D eigenvalue weighted by molar-refractivity contribution is 0.562. The van der Waals surface area contributed by atoms with Gasteiger partial charge in [-0.15, -0.1) is 0 Å². The number of hydrogen-bond donors (Lipinski definition) is 0. The third-order valence-corrected chi connectivity index (χ3v) is 3.24. The summed E-state index contributed by atoms with van der Waals surface area (Å²) in [6, 6.07) is 4.17. The van der Waals surface area contributed by atoms with Crippen molar-refractivity contribution in [2.24, 2.45) is 0 Å². The predicted molar refractivity (Wildman–Crippen MR) is 52.0 cm³/mol. The Bertz CT molecular complexity index is 437. The molecule has 0 N–H and O–H groups in total. The molecule has 1 aromatic carbocycles. The molecule has 0 unspecified atom stereocenters. The van der Waals surface area contributed by atoms with Crippen LogP contribution in [0.2, 0.25) is 0 Å². The second-order valence-electron chi connectivity index (χ2n) is 2.52. The molecule has 1 rings (SSSR count). The Morgan fingerprint density at radius 1 is 1.38 bits per heavy atom. The van der Waals surface area contributed by atoms with Gasteiger partial charge in [0.05, 0.1) is 4.90 Å². The highest BCUT2D eigenvalue weighted by Crippen LogP contribution is 2.19. The average molecular weight is 262 g/mol. The summed E-state index contributed by atoms with van der Waals surface area (Å²) in [4.78, 5) is 10.5. The molecule has 1 radical (unpaired) electrons. The van der Waals surface area contributed by atoms with Crippen LogP contribution in [0.25, 0.3) is 0 Å². The zero-order valence-corrected chi connectivity index (χ0v) is 9.15. The van der Waals surface area contributed by atoms with E-state index in [9.17, 15) is 13.2 Å². The topological polar surface area (TPSA) is 51.2 Å². The van der Waals surface area contributed by atoms with Crippen LogP contribution in [0.5, 0.6) is 0 Å². The summed E-state index contributed by atoms with van der Waals surface area (Å²) in [5, 5.41) is 0. The molecular weight excluding hydrogens is 256 g/mol. The second-order valence-corrected chi connectivity index (χ2v) is 5.39. The van der Waals surface area contributed by atoms with Crippen LogP contribution in [0, 0.1) is 0 Å². The molecule has 0 saturated heterocycles. The highest BCUT2D eigenvalue weighted by Gasteiger charge is 2.09. The van der Waals surface area contributed by atoms with Crippen molar-refractivity contribution in [1.29, 1.82) is 0 Å². The molecule has 0 heterocycles. The highest BCUT2D eigenvalue weighted by molar-refractivity contribution is 9.10. The van der Waals surface area contributed by atoms with Crippen LogP contribution in [0.15, 0.2) is 27.6 Å². The van der Waals surface area contributed by atoms with E-state index in [1.165, 1.54) is 18.2 Å². The maximum absolute atomic E-state index is 11.1. The molecule has 1 aromatic rings. The van der Waals surface area contributed by atoms with Gasteiger partial charge in [0.2, 0.25) is 6.29 Å². The van der Waals surface area contributed by atoms with E-state index in [0.29, 0.717) is 10.0 Å². The van der Waals surface area contributed by atoms with Gasteiger partial charge in [0.1, 0.15) is 0 Å². The van der Waals surface area contributed by atoms with E-state index < -0.39 is 9.84 Å². The third kappa shape index (κ3) is 2.38. The van der Waals surface area contributed by atoms with Crippen molar-refractivity contribution < 1.29 is 13.2 Å². The normalized spacial score (nSPS) is 11.2. The fourth-order valence-electron chi connectivity index (χ4n) is 0.809. The molecule has 13 heavy (non-hydrogen) atoms. The number of hydrogen-bond acceptors (Lipinski definition) is 3. The first-order valence-corrected chi connectivity index (χ1v) is 6.01. The van der Waals surface area contributed by atoms with Crippen LogP contribution in [-0.4, -0.2) is 21.0 Å². The second kappa shape index (κ2) is 3.59. The van der Waals surface area contributed by atoms with Crippen molar-refractivity contribution >= 4 is 32.1 Å². The van der Waals surface area contributed by atoms with Crippen LogP contribution < -0.4 is 0 Å². The fourth-order valence-corrected chi connectivity index (χ4v) is 2.07. The lowest BCUT2D eigenvalue weighted by atomic mass is 10.2. The van der Waals surface area contributed by atoms with E-state index >= 15 is 0 Å². The van der Waals surface area contributed by atoms with Gasteiger partial charge in [0.25, 0.3) is 0 Å². The van der Waals surface area contributed by atoms with Gasteiger partial charge in [0, 0.05) is 16.3 Å². The summed E-state index contributed by atoms with van der Waals surface area (Å²) in [6.07, 6.45) is 2.79. The lowest BCUT2D eigenvalue weighted by Gasteiger charge is -1.99. The Morgan fingerprint density at radius 3 is 2.38 bits per heavy atom. The van der Waals surface area contributed by atoms with E-state index in [1.807, 2.05) is 0 Å². The quantitative estimate of drug-likeness (QED) is 0.807. The standard InChI is InChI=1S/C8H6BrO3S/c1-13(11,12)7-3-2-6(5-10)8(9)4-7/h2-4H,1H3. The van der Waals surface area contributed by atoms with Gasteiger partial charge in [-0.1, -0.05) is 0 Å². The molecule has 0 amide bonds. The molecule has 69 valence electrons. The first-order valence-electron chi connectivity index (χ1n) is 3.33. The molecule has 0 fully saturated rings. The molecule has 0 atom stereocenters. The predicted octanol–water partition coefficient (Wildman–Crippen LogP) is 1.31. The third-order valence-electron chi connectivity index (χ3n) is 1.48. The summed E-state index contributed by atoms with van der Waals surface area (Å²) < 4.78 is 22.6. The molecule has 0 aliphatic heterocycles. The Balaban J connectivity index is 3.34. The molecule has 0 aliphatic carbocycles. The lowest BCUT2D eigenvalue weighted by Crippen LogP contribution is -1.97. The van der Waals surface area contributed by atoms with Crippen LogP contribution in [0.4, 0.5) is 0 Å². The minimum atomic E-state index is -3.21. The van der Waals surface area contributed by atoms with Crippen molar-refractivity contribution in [2.45, 2.75) is 4.90 Å². The smallest absolute Gasteiger partial charge is 0.234 e. The molecule has 3 nitrogen and oxygen atoms in total. The summed E-state index contributed by atoms with van der Waals surface area (Å²) in [5.74, 6) is 0. The largest absolute Gasteiger partial charge is 0.285 e. The van der Waals surface area contributed by atoms with Gasteiger partial charge in [0.15, 0.2) is 9.84 Å². The summed E-state index contributed by atoms with van der Waals surface area (Å²) in [7, 11) is -3.21. The number of carbonyl (C=O) groups excluding carboxylic acids is 1. The van der Waals surface area contributed by atoms with Gasteiger partial charge in [-0.05, 0) is 34.1 Å². The van der Waals surface area contributed by atoms with E-state index in [0.717, 1.165) is 6.26 Å². The minimum Gasteiger partial charge on any atom is -0.285 e. The maximum Gasteiger partial charge on any atom is 0.234 e. The molecule has 0 aromatic heterocycles. The summed E-state index contributed by atoms with van der Waals surface area (Å²) >= 11 is 3.07. The van der Waals surface area contributed by atoms with Crippen molar-refractivity contribution in [3.8, 4) is 0 Å². The number of rotatable bonds is 2. The molecule has 0 saturated carbocycles. The molecule has 0 bridgehead atoms. The van der Waals surface area contributed by atoms with Crippen LogP contribution in [-0.2, 0) is 14.6 Å². The highest BCUT2D eigenvalue weighted by atomic mass is 79.9. The van der Waals surface area contributed by atoms with Crippen molar-refractivity contribution in [1.82, 2.24) is 0 Å². The van der Waals surface area contributed by atoms with Gasteiger partial charge in [-0.25, -0.2) is 8.42 Å². The van der Waals surface area contributed by atoms with Crippen molar-refractivity contribution in [3.63, 3.8) is 0 Å². The number of benzene rings is 1. The zero-order valence-electron chi connectivity index (χ0n) is 6.74. The Hall–Kier alpha value is -0.680. The molecular formula is C8H6BrO3S. The summed E-state index contributed by atoms with van der Waals surface area (Å²) in [6.45, 7) is 0. The van der Waals surface area contributed by atoms with Gasteiger partial charge >= 0.3 is 0 Å². The van der Waals surface area contributed by atoms with Gasteiger partial charge in [-0.3, -0.25) is 4.79 Å². The van der Waals surface area contributed by atoms with Crippen LogP contribution in [0.3, 0.4) is 0 Å². The Kier molecular flexibility index (Phi) is 2.87. The van der Waals surface area contributed by atoms with Gasteiger partial charge in [-0.2, -0.15) is 0 Å². The maximum atomic E-state index is 11.1. The monoisotopic (exact) mass is 261 g/mol.